The maximum Gasteiger partial charge on any atom is 0.212 e. The van der Waals surface area contributed by atoms with Crippen LogP contribution in [0.5, 0.6) is 0 Å². The number of piperidine rings is 1. The summed E-state index contributed by atoms with van der Waals surface area (Å²) in [6.07, 6.45) is 4.57. The molecule has 36 heavy (non-hydrogen) atoms. The molecule has 1 aliphatic heterocycles. The van der Waals surface area contributed by atoms with Crippen molar-refractivity contribution in [1.82, 2.24) is 4.98 Å². The predicted molar refractivity (Wildman–Crippen MR) is 141 cm³/mol. The Labute approximate surface area is 212 Å². The number of benzene rings is 3. The van der Waals surface area contributed by atoms with E-state index in [1.54, 1.807) is 0 Å². The molecule has 1 atom stereocenters. The molecule has 0 amide bonds. The van der Waals surface area contributed by atoms with Crippen molar-refractivity contribution in [3.8, 4) is 0 Å². The SMILES string of the molecule is Nc1nc(Nc2ccc(N3CCCCC3Cc3ccccc3)cc2)sc1C(=O)c1c(F)cccc1F. The summed E-state index contributed by atoms with van der Waals surface area (Å²) < 4.78 is 28.2. The van der Waals surface area contributed by atoms with Gasteiger partial charge in [-0.1, -0.05) is 47.7 Å². The number of aromatic nitrogens is 1. The lowest BCUT2D eigenvalue weighted by atomic mass is 9.95. The normalized spacial score (nSPS) is 15.6. The van der Waals surface area contributed by atoms with Crippen molar-refractivity contribution in [2.24, 2.45) is 0 Å². The summed E-state index contributed by atoms with van der Waals surface area (Å²) in [7, 11) is 0. The van der Waals surface area contributed by atoms with Crippen LogP contribution in [0.25, 0.3) is 0 Å². The average Bonchev–Trinajstić information content (AvgIpc) is 3.25. The fourth-order valence-electron chi connectivity index (χ4n) is 4.67. The molecule has 1 fully saturated rings. The van der Waals surface area contributed by atoms with Gasteiger partial charge in [0.15, 0.2) is 5.13 Å². The number of nitrogen functional groups attached to an aromatic ring is 1. The monoisotopic (exact) mass is 504 g/mol. The number of hydrogen-bond donors (Lipinski definition) is 2. The fraction of sp³-hybridized carbons (Fsp3) is 0.214. The van der Waals surface area contributed by atoms with E-state index in [9.17, 15) is 13.6 Å². The van der Waals surface area contributed by atoms with Crippen LogP contribution in [0.15, 0.2) is 72.8 Å². The Kier molecular flexibility index (Phi) is 6.95. The van der Waals surface area contributed by atoms with E-state index in [-0.39, 0.29) is 10.7 Å². The maximum absolute atomic E-state index is 14.1. The number of carbonyl (C=O) groups excluding carboxylic acids is 1. The number of hydrogen-bond acceptors (Lipinski definition) is 6. The summed E-state index contributed by atoms with van der Waals surface area (Å²) in [4.78, 5) is 19.4. The maximum atomic E-state index is 14.1. The number of nitrogens with one attached hydrogen (secondary N) is 1. The van der Waals surface area contributed by atoms with Gasteiger partial charge in [0.1, 0.15) is 22.3 Å². The van der Waals surface area contributed by atoms with E-state index in [0.717, 1.165) is 54.2 Å². The molecule has 1 aliphatic rings. The van der Waals surface area contributed by atoms with Gasteiger partial charge in [-0.05, 0) is 67.6 Å². The standard InChI is InChI=1S/C28H26F2N4OS/c29-22-10-6-11-23(30)24(22)25(35)26-27(31)33-28(36-26)32-19-12-14-20(15-13-19)34-16-5-4-9-21(34)17-18-7-2-1-3-8-18/h1-3,6-8,10-15,21H,4-5,9,16-17,31H2,(H,32,33). The van der Waals surface area contributed by atoms with Crippen LogP contribution in [0, 0.1) is 11.6 Å². The second kappa shape index (κ2) is 10.5. The van der Waals surface area contributed by atoms with E-state index in [1.165, 1.54) is 24.5 Å². The van der Waals surface area contributed by atoms with Crippen LogP contribution in [0.1, 0.15) is 40.1 Å². The quantitative estimate of drug-likeness (QED) is 0.278. The Hall–Kier alpha value is -3.78. The molecule has 5 rings (SSSR count). The molecule has 0 aliphatic carbocycles. The summed E-state index contributed by atoms with van der Waals surface area (Å²) in [5, 5.41) is 3.53. The molecule has 0 saturated carbocycles. The first-order valence-corrected chi connectivity index (χ1v) is 12.7. The Morgan fingerprint density at radius 3 is 2.44 bits per heavy atom. The Bertz CT molecular complexity index is 1340. The summed E-state index contributed by atoms with van der Waals surface area (Å²) in [6.45, 7) is 1.02. The van der Waals surface area contributed by atoms with E-state index in [4.69, 9.17) is 5.73 Å². The molecule has 5 nitrogen and oxygen atoms in total. The molecule has 1 aromatic heterocycles. The van der Waals surface area contributed by atoms with Gasteiger partial charge in [-0.3, -0.25) is 4.79 Å². The van der Waals surface area contributed by atoms with E-state index in [0.29, 0.717) is 11.2 Å². The van der Waals surface area contributed by atoms with Crippen LogP contribution in [0.4, 0.5) is 31.1 Å². The lowest BCUT2D eigenvalue weighted by Crippen LogP contribution is -2.41. The van der Waals surface area contributed by atoms with Gasteiger partial charge in [-0.15, -0.1) is 0 Å². The predicted octanol–water partition coefficient (Wildman–Crippen LogP) is 6.58. The van der Waals surface area contributed by atoms with Gasteiger partial charge in [-0.25, -0.2) is 13.8 Å². The molecule has 1 saturated heterocycles. The molecule has 3 N–H and O–H groups in total. The molecule has 2 heterocycles. The molecular weight excluding hydrogens is 478 g/mol. The minimum atomic E-state index is -0.929. The van der Waals surface area contributed by atoms with E-state index >= 15 is 0 Å². The van der Waals surface area contributed by atoms with Gasteiger partial charge < -0.3 is 16.0 Å². The zero-order chi connectivity index (χ0) is 25.1. The molecule has 0 bridgehead atoms. The van der Waals surface area contributed by atoms with Gasteiger partial charge in [0.2, 0.25) is 5.78 Å². The third-order valence-corrected chi connectivity index (χ3v) is 7.43. The van der Waals surface area contributed by atoms with E-state index < -0.39 is 23.0 Å². The van der Waals surface area contributed by atoms with Gasteiger partial charge in [0, 0.05) is 24.0 Å². The van der Waals surface area contributed by atoms with Crippen molar-refractivity contribution in [1.29, 1.82) is 0 Å². The third-order valence-electron chi connectivity index (χ3n) is 6.44. The highest BCUT2D eigenvalue weighted by atomic mass is 32.1. The Balaban J connectivity index is 1.30. The van der Waals surface area contributed by atoms with E-state index in [1.807, 2.05) is 18.2 Å². The van der Waals surface area contributed by atoms with Gasteiger partial charge >= 0.3 is 0 Å². The van der Waals surface area contributed by atoms with Crippen LogP contribution < -0.4 is 16.0 Å². The van der Waals surface area contributed by atoms with Crippen molar-refractivity contribution < 1.29 is 13.6 Å². The van der Waals surface area contributed by atoms with Crippen molar-refractivity contribution in [2.75, 3.05) is 22.5 Å². The minimum absolute atomic E-state index is 0.00445. The highest BCUT2D eigenvalue weighted by molar-refractivity contribution is 7.18. The molecular formula is C28H26F2N4OS. The number of thiazole rings is 1. The minimum Gasteiger partial charge on any atom is -0.382 e. The van der Waals surface area contributed by atoms with E-state index in [2.05, 4.69) is 51.6 Å². The molecule has 184 valence electrons. The zero-order valence-electron chi connectivity index (χ0n) is 19.6. The number of carbonyl (C=O) groups is 1. The summed E-state index contributed by atoms with van der Waals surface area (Å²) in [6, 6.07) is 22.4. The summed E-state index contributed by atoms with van der Waals surface area (Å²) >= 11 is 0.968. The van der Waals surface area contributed by atoms with Gasteiger partial charge in [-0.2, -0.15) is 0 Å². The molecule has 0 radical (unpaired) electrons. The first kappa shape index (κ1) is 23.9. The highest BCUT2D eigenvalue weighted by Crippen LogP contribution is 2.32. The van der Waals surface area contributed by atoms with Crippen LogP contribution in [0.2, 0.25) is 0 Å². The topological polar surface area (TPSA) is 71.2 Å². The van der Waals surface area contributed by atoms with Gasteiger partial charge in [0.05, 0.1) is 5.56 Å². The van der Waals surface area contributed by atoms with Crippen molar-refractivity contribution in [3.05, 3.63) is 100 Å². The van der Waals surface area contributed by atoms with Crippen molar-refractivity contribution in [3.63, 3.8) is 0 Å². The first-order valence-electron chi connectivity index (χ1n) is 11.9. The largest absolute Gasteiger partial charge is 0.382 e. The van der Waals surface area contributed by atoms with Crippen LogP contribution in [0.3, 0.4) is 0 Å². The number of nitrogens with zero attached hydrogens (tertiary/aromatic N) is 2. The Morgan fingerprint density at radius 2 is 1.72 bits per heavy atom. The molecule has 1 unspecified atom stereocenters. The molecule has 0 spiro atoms. The van der Waals surface area contributed by atoms with Crippen LogP contribution >= 0.6 is 11.3 Å². The number of ketones is 1. The average molecular weight is 505 g/mol. The molecule has 3 aromatic carbocycles. The van der Waals surface area contributed by atoms with Crippen molar-refractivity contribution in [2.45, 2.75) is 31.7 Å². The number of anilines is 4. The number of rotatable bonds is 7. The van der Waals surface area contributed by atoms with Gasteiger partial charge in [0.25, 0.3) is 0 Å². The second-order valence-corrected chi connectivity index (χ2v) is 9.86. The number of nitrogens with two attached hydrogens (primary N) is 1. The lowest BCUT2D eigenvalue weighted by Gasteiger charge is -2.38. The fourth-order valence-corrected chi connectivity index (χ4v) is 5.53. The smallest absolute Gasteiger partial charge is 0.212 e. The molecule has 4 aromatic rings. The zero-order valence-corrected chi connectivity index (χ0v) is 20.4. The first-order chi connectivity index (χ1) is 17.5. The lowest BCUT2D eigenvalue weighted by molar-refractivity contribution is 0.103. The summed E-state index contributed by atoms with van der Waals surface area (Å²) in [5.74, 6) is -2.75. The third kappa shape index (κ3) is 5.09. The van der Waals surface area contributed by atoms with Crippen molar-refractivity contribution >= 4 is 39.4 Å². The molecule has 8 heteroatoms. The van der Waals surface area contributed by atoms with Crippen LogP contribution in [-0.2, 0) is 6.42 Å². The highest BCUT2D eigenvalue weighted by Gasteiger charge is 2.25. The van der Waals surface area contributed by atoms with Crippen LogP contribution in [-0.4, -0.2) is 23.4 Å². The summed E-state index contributed by atoms with van der Waals surface area (Å²) in [5.41, 5.74) is 8.57. The number of halogens is 2. The Morgan fingerprint density at radius 1 is 1.00 bits per heavy atom. The second-order valence-electron chi connectivity index (χ2n) is 8.86.